The molecule has 0 fully saturated rings. The molecule has 0 saturated heterocycles. The van der Waals surface area contributed by atoms with Gasteiger partial charge in [0.25, 0.3) is 0 Å². The number of aromatic nitrogens is 2. The van der Waals surface area contributed by atoms with E-state index in [1.165, 1.54) is 38.5 Å². The van der Waals surface area contributed by atoms with Crippen molar-refractivity contribution in [2.75, 3.05) is 6.54 Å². The first-order valence-electron chi connectivity index (χ1n) is 7.54. The molecule has 3 nitrogen and oxygen atoms in total. The molecule has 1 aromatic rings. The molecule has 0 bridgehead atoms. The standard InChI is InChI=1S/C15H29N3/c1-3-4-5-6-7-9-14(2)16-11-8-10-15-17-12-13-18-15/h12-14,16H,3-11H2,1-2H3,(H,17,18). The second-order valence-electron chi connectivity index (χ2n) is 5.20. The van der Waals surface area contributed by atoms with Gasteiger partial charge in [0.2, 0.25) is 0 Å². The summed E-state index contributed by atoms with van der Waals surface area (Å²) in [6, 6.07) is 0.656. The van der Waals surface area contributed by atoms with Gasteiger partial charge in [-0.15, -0.1) is 0 Å². The van der Waals surface area contributed by atoms with Gasteiger partial charge in [-0.1, -0.05) is 39.0 Å². The van der Waals surface area contributed by atoms with Crippen LogP contribution in [0.4, 0.5) is 0 Å². The number of unbranched alkanes of at least 4 members (excludes halogenated alkanes) is 4. The lowest BCUT2D eigenvalue weighted by molar-refractivity contribution is 0.475. The average molecular weight is 251 g/mol. The molecule has 1 atom stereocenters. The molecule has 0 aliphatic carbocycles. The third kappa shape index (κ3) is 7.49. The Bertz CT molecular complexity index is 269. The van der Waals surface area contributed by atoms with Crippen LogP contribution in [0.25, 0.3) is 0 Å². The van der Waals surface area contributed by atoms with Crippen molar-refractivity contribution in [3.05, 3.63) is 18.2 Å². The molecule has 0 amide bonds. The summed E-state index contributed by atoms with van der Waals surface area (Å²) < 4.78 is 0. The lowest BCUT2D eigenvalue weighted by Crippen LogP contribution is -2.27. The van der Waals surface area contributed by atoms with Crippen LogP contribution in [0, 0.1) is 0 Å². The Balaban J connectivity index is 1.88. The van der Waals surface area contributed by atoms with Gasteiger partial charge in [0.15, 0.2) is 0 Å². The molecule has 0 radical (unpaired) electrons. The number of aryl methyl sites for hydroxylation is 1. The maximum atomic E-state index is 4.23. The monoisotopic (exact) mass is 251 g/mol. The van der Waals surface area contributed by atoms with Crippen molar-refractivity contribution in [2.24, 2.45) is 0 Å². The van der Waals surface area contributed by atoms with E-state index in [9.17, 15) is 0 Å². The van der Waals surface area contributed by atoms with Crippen LogP contribution in [-0.4, -0.2) is 22.6 Å². The summed E-state index contributed by atoms with van der Waals surface area (Å²) in [7, 11) is 0. The smallest absolute Gasteiger partial charge is 0.106 e. The van der Waals surface area contributed by atoms with E-state index in [0.29, 0.717) is 6.04 Å². The van der Waals surface area contributed by atoms with Crippen molar-refractivity contribution >= 4 is 0 Å². The lowest BCUT2D eigenvalue weighted by Gasteiger charge is -2.13. The first-order chi connectivity index (χ1) is 8.83. The van der Waals surface area contributed by atoms with Crippen molar-refractivity contribution in [2.45, 2.75) is 71.3 Å². The molecule has 1 aromatic heterocycles. The number of hydrogen-bond acceptors (Lipinski definition) is 2. The fraction of sp³-hybridized carbons (Fsp3) is 0.800. The highest BCUT2D eigenvalue weighted by Crippen LogP contribution is 2.07. The zero-order valence-corrected chi connectivity index (χ0v) is 12.0. The van der Waals surface area contributed by atoms with Crippen LogP contribution < -0.4 is 5.32 Å². The van der Waals surface area contributed by atoms with E-state index in [2.05, 4.69) is 29.1 Å². The van der Waals surface area contributed by atoms with Gasteiger partial charge < -0.3 is 10.3 Å². The van der Waals surface area contributed by atoms with E-state index in [-0.39, 0.29) is 0 Å². The minimum absolute atomic E-state index is 0.656. The summed E-state index contributed by atoms with van der Waals surface area (Å²) in [5.41, 5.74) is 0. The van der Waals surface area contributed by atoms with Gasteiger partial charge in [-0.3, -0.25) is 0 Å². The topological polar surface area (TPSA) is 40.7 Å². The lowest BCUT2D eigenvalue weighted by atomic mass is 10.1. The quantitative estimate of drug-likeness (QED) is 0.589. The zero-order valence-electron chi connectivity index (χ0n) is 12.0. The number of aromatic amines is 1. The molecule has 0 aliphatic rings. The van der Waals surface area contributed by atoms with Crippen molar-refractivity contribution in [3.63, 3.8) is 0 Å². The molecule has 1 heterocycles. The number of nitrogens with zero attached hydrogens (tertiary/aromatic N) is 1. The second-order valence-corrected chi connectivity index (χ2v) is 5.20. The molecule has 2 N–H and O–H groups in total. The minimum atomic E-state index is 0.656. The molecule has 1 unspecified atom stereocenters. The number of nitrogens with one attached hydrogen (secondary N) is 2. The predicted octanol–water partition coefficient (Wildman–Crippen LogP) is 3.68. The molecule has 0 spiro atoms. The van der Waals surface area contributed by atoms with Gasteiger partial charge >= 0.3 is 0 Å². The van der Waals surface area contributed by atoms with Crippen LogP contribution in [0.15, 0.2) is 12.4 Å². The molecule has 1 rings (SSSR count). The predicted molar refractivity (Wildman–Crippen MR) is 77.7 cm³/mol. The molecule has 3 heteroatoms. The van der Waals surface area contributed by atoms with Gasteiger partial charge in [-0.2, -0.15) is 0 Å². The van der Waals surface area contributed by atoms with Crippen LogP contribution in [0.2, 0.25) is 0 Å². The average Bonchev–Trinajstić information content (AvgIpc) is 2.87. The van der Waals surface area contributed by atoms with Crippen molar-refractivity contribution < 1.29 is 0 Å². The van der Waals surface area contributed by atoms with Crippen molar-refractivity contribution in [3.8, 4) is 0 Å². The van der Waals surface area contributed by atoms with Gasteiger partial charge in [0.05, 0.1) is 0 Å². The first kappa shape index (κ1) is 15.2. The van der Waals surface area contributed by atoms with Crippen molar-refractivity contribution in [1.29, 1.82) is 0 Å². The first-order valence-corrected chi connectivity index (χ1v) is 7.54. The summed E-state index contributed by atoms with van der Waals surface area (Å²) in [5.74, 6) is 1.10. The maximum absolute atomic E-state index is 4.23. The third-order valence-corrected chi connectivity index (χ3v) is 3.38. The molecular formula is C15H29N3. The van der Waals surface area contributed by atoms with E-state index in [1.807, 2.05) is 12.4 Å². The van der Waals surface area contributed by atoms with Crippen LogP contribution in [0.3, 0.4) is 0 Å². The fourth-order valence-corrected chi connectivity index (χ4v) is 2.20. The second kappa shape index (κ2) is 10.1. The summed E-state index contributed by atoms with van der Waals surface area (Å²) in [6.07, 6.45) is 14.1. The Hall–Kier alpha value is -0.830. The summed E-state index contributed by atoms with van der Waals surface area (Å²) >= 11 is 0. The summed E-state index contributed by atoms with van der Waals surface area (Å²) in [5, 5.41) is 3.59. The third-order valence-electron chi connectivity index (χ3n) is 3.38. The van der Waals surface area contributed by atoms with E-state index in [4.69, 9.17) is 0 Å². The normalized spacial score (nSPS) is 12.8. The number of rotatable bonds is 11. The van der Waals surface area contributed by atoms with E-state index >= 15 is 0 Å². The Labute approximate surface area is 112 Å². The van der Waals surface area contributed by atoms with Crippen LogP contribution in [0.1, 0.15) is 64.6 Å². The maximum Gasteiger partial charge on any atom is 0.106 e. The molecule has 0 aliphatic heterocycles. The Kier molecular flexibility index (Phi) is 8.57. The fourth-order valence-electron chi connectivity index (χ4n) is 2.20. The zero-order chi connectivity index (χ0) is 13.1. The van der Waals surface area contributed by atoms with E-state index in [1.54, 1.807) is 0 Å². The van der Waals surface area contributed by atoms with Gasteiger partial charge in [-0.05, 0) is 26.3 Å². The highest BCUT2D eigenvalue weighted by Gasteiger charge is 2.01. The molecule has 0 aromatic carbocycles. The Morgan fingerprint density at radius 1 is 1.22 bits per heavy atom. The van der Waals surface area contributed by atoms with Crippen molar-refractivity contribution in [1.82, 2.24) is 15.3 Å². The minimum Gasteiger partial charge on any atom is -0.349 e. The van der Waals surface area contributed by atoms with Crippen LogP contribution >= 0.6 is 0 Å². The highest BCUT2D eigenvalue weighted by molar-refractivity contribution is 4.86. The van der Waals surface area contributed by atoms with Crippen LogP contribution in [0.5, 0.6) is 0 Å². The summed E-state index contributed by atoms with van der Waals surface area (Å²) in [6.45, 7) is 5.66. The van der Waals surface area contributed by atoms with E-state index < -0.39 is 0 Å². The number of H-pyrrole nitrogens is 1. The Morgan fingerprint density at radius 3 is 2.78 bits per heavy atom. The highest BCUT2D eigenvalue weighted by atomic mass is 14.9. The summed E-state index contributed by atoms with van der Waals surface area (Å²) in [4.78, 5) is 7.37. The largest absolute Gasteiger partial charge is 0.349 e. The van der Waals surface area contributed by atoms with E-state index in [0.717, 1.165) is 25.2 Å². The number of hydrogen-bond donors (Lipinski definition) is 2. The van der Waals surface area contributed by atoms with Gasteiger partial charge in [0, 0.05) is 24.9 Å². The molecular weight excluding hydrogens is 222 g/mol. The molecule has 104 valence electrons. The number of imidazole rings is 1. The van der Waals surface area contributed by atoms with Gasteiger partial charge in [0.1, 0.15) is 5.82 Å². The Morgan fingerprint density at radius 2 is 2.06 bits per heavy atom. The van der Waals surface area contributed by atoms with Crippen LogP contribution in [-0.2, 0) is 6.42 Å². The SMILES string of the molecule is CCCCCCCC(C)NCCCc1ncc[nH]1. The van der Waals surface area contributed by atoms with Gasteiger partial charge in [-0.25, -0.2) is 4.98 Å². The molecule has 18 heavy (non-hydrogen) atoms. The molecule has 0 saturated carbocycles.